The molecule has 0 bridgehead atoms. The number of rotatable bonds is 6. The van der Waals surface area contributed by atoms with Crippen LogP contribution < -0.4 is 5.32 Å². The first-order chi connectivity index (χ1) is 8.53. The molecule has 0 saturated carbocycles. The molecule has 0 amide bonds. The normalized spacial score (nSPS) is 11.3. The summed E-state index contributed by atoms with van der Waals surface area (Å²) in [5.74, 6) is 0.731. The Morgan fingerprint density at radius 2 is 2.06 bits per heavy atom. The van der Waals surface area contributed by atoms with Crippen LogP contribution >= 0.6 is 0 Å². The predicted molar refractivity (Wildman–Crippen MR) is 71.3 cm³/mol. The first kappa shape index (κ1) is 14.5. The molecular formula is C13H22N4O. The third-order valence-corrected chi connectivity index (χ3v) is 3.80. The number of nitrogens with zero attached hydrogens (tertiary/aromatic N) is 3. The molecule has 0 atom stereocenters. The summed E-state index contributed by atoms with van der Waals surface area (Å²) in [5.41, 5.74) is 1.17. The Hall–Kier alpha value is -1.54. The van der Waals surface area contributed by atoms with Gasteiger partial charge in [-0.15, -0.1) is 0 Å². The van der Waals surface area contributed by atoms with Crippen LogP contribution in [0.1, 0.15) is 37.9 Å². The number of aliphatic hydroxyl groups is 1. The van der Waals surface area contributed by atoms with Crippen molar-refractivity contribution in [2.75, 3.05) is 18.5 Å². The minimum absolute atomic E-state index is 0.134. The number of nitrogens with one attached hydrogen (secondary N) is 1. The molecule has 0 aliphatic rings. The highest BCUT2D eigenvalue weighted by molar-refractivity contribution is 5.55. The monoisotopic (exact) mass is 250 g/mol. The number of aliphatic hydroxyl groups excluding tert-OH is 1. The molecule has 0 spiro atoms. The quantitative estimate of drug-likeness (QED) is 0.807. The second-order valence-corrected chi connectivity index (χ2v) is 4.76. The number of aromatic nitrogens is 2. The van der Waals surface area contributed by atoms with E-state index in [0.29, 0.717) is 12.1 Å². The molecule has 0 aliphatic heterocycles. The summed E-state index contributed by atoms with van der Waals surface area (Å²) >= 11 is 0. The zero-order valence-corrected chi connectivity index (χ0v) is 11.6. The molecular weight excluding hydrogens is 228 g/mol. The van der Waals surface area contributed by atoms with Crippen LogP contribution in [0.4, 0.5) is 5.82 Å². The lowest BCUT2D eigenvalue weighted by Crippen LogP contribution is -2.33. The summed E-state index contributed by atoms with van der Waals surface area (Å²) in [6.07, 6.45) is 1.79. The van der Waals surface area contributed by atoms with Crippen molar-refractivity contribution >= 4 is 5.82 Å². The van der Waals surface area contributed by atoms with E-state index in [1.54, 1.807) is 4.68 Å². The van der Waals surface area contributed by atoms with Gasteiger partial charge in [0, 0.05) is 19.0 Å². The molecule has 0 aliphatic carbocycles. The van der Waals surface area contributed by atoms with E-state index in [1.165, 1.54) is 0 Å². The van der Waals surface area contributed by atoms with Crippen molar-refractivity contribution in [3.8, 4) is 6.07 Å². The maximum Gasteiger partial charge on any atom is 0.142 e. The zero-order valence-electron chi connectivity index (χ0n) is 11.6. The number of hydrogen-bond donors (Lipinski definition) is 2. The highest BCUT2D eigenvalue weighted by Crippen LogP contribution is 2.27. The van der Waals surface area contributed by atoms with Crippen molar-refractivity contribution in [2.45, 2.75) is 33.6 Å². The smallest absolute Gasteiger partial charge is 0.142 e. The summed E-state index contributed by atoms with van der Waals surface area (Å²) in [6, 6.07) is 2.17. The van der Waals surface area contributed by atoms with Crippen LogP contribution in [0.25, 0.3) is 0 Å². The second-order valence-electron chi connectivity index (χ2n) is 4.76. The SMILES string of the molecule is CCC(CC)(CO)CNc1c(C#N)c(C)nn1C. The van der Waals surface area contributed by atoms with E-state index in [2.05, 4.69) is 30.3 Å². The van der Waals surface area contributed by atoms with Crippen LogP contribution in [0.3, 0.4) is 0 Å². The fraction of sp³-hybridized carbons (Fsp3) is 0.692. The summed E-state index contributed by atoms with van der Waals surface area (Å²) in [4.78, 5) is 0. The summed E-state index contributed by atoms with van der Waals surface area (Å²) in [7, 11) is 1.81. The first-order valence-electron chi connectivity index (χ1n) is 6.32. The highest BCUT2D eigenvalue weighted by Gasteiger charge is 2.26. The molecule has 18 heavy (non-hydrogen) atoms. The molecule has 0 fully saturated rings. The van der Waals surface area contributed by atoms with Crippen LogP contribution in [0, 0.1) is 23.7 Å². The lowest BCUT2D eigenvalue weighted by atomic mass is 9.83. The molecule has 0 saturated heterocycles. The van der Waals surface area contributed by atoms with E-state index >= 15 is 0 Å². The van der Waals surface area contributed by atoms with Crippen LogP contribution in [-0.4, -0.2) is 28.0 Å². The standard InChI is InChI=1S/C13H22N4O/c1-5-13(6-2,9-18)8-15-12-11(7-14)10(3)16-17(12)4/h15,18H,5-6,8-9H2,1-4H3. The van der Waals surface area contributed by atoms with Gasteiger partial charge in [-0.2, -0.15) is 10.4 Å². The van der Waals surface area contributed by atoms with Crippen LogP contribution in [0.2, 0.25) is 0 Å². The minimum Gasteiger partial charge on any atom is -0.396 e. The minimum atomic E-state index is -0.134. The molecule has 0 radical (unpaired) electrons. The van der Waals surface area contributed by atoms with E-state index in [0.717, 1.165) is 24.4 Å². The molecule has 5 heteroatoms. The van der Waals surface area contributed by atoms with E-state index in [1.807, 2.05) is 14.0 Å². The topological polar surface area (TPSA) is 73.9 Å². The molecule has 0 unspecified atom stereocenters. The van der Waals surface area contributed by atoms with E-state index < -0.39 is 0 Å². The van der Waals surface area contributed by atoms with E-state index in [9.17, 15) is 5.11 Å². The van der Waals surface area contributed by atoms with Gasteiger partial charge in [-0.3, -0.25) is 4.68 Å². The Balaban J connectivity index is 2.90. The van der Waals surface area contributed by atoms with E-state index in [-0.39, 0.29) is 12.0 Å². The predicted octanol–water partition coefficient (Wildman–Crippen LogP) is 1.81. The van der Waals surface area contributed by atoms with Gasteiger partial charge in [0.2, 0.25) is 0 Å². The lowest BCUT2D eigenvalue weighted by Gasteiger charge is -2.29. The number of nitriles is 1. The van der Waals surface area contributed by atoms with Crippen LogP contribution in [0.5, 0.6) is 0 Å². The van der Waals surface area contributed by atoms with Gasteiger partial charge in [0.15, 0.2) is 0 Å². The number of hydrogen-bond acceptors (Lipinski definition) is 4. The van der Waals surface area contributed by atoms with E-state index in [4.69, 9.17) is 5.26 Å². The fourth-order valence-electron chi connectivity index (χ4n) is 2.05. The molecule has 1 aromatic heterocycles. The average Bonchev–Trinajstić information content (AvgIpc) is 2.66. The Labute approximate surface area is 108 Å². The maximum absolute atomic E-state index is 9.53. The van der Waals surface area contributed by atoms with Crippen molar-refractivity contribution in [1.29, 1.82) is 5.26 Å². The largest absolute Gasteiger partial charge is 0.396 e. The molecule has 2 N–H and O–H groups in total. The van der Waals surface area contributed by atoms with Crippen molar-refractivity contribution < 1.29 is 5.11 Å². The molecule has 0 aromatic carbocycles. The van der Waals surface area contributed by atoms with Gasteiger partial charge in [0.25, 0.3) is 0 Å². The van der Waals surface area contributed by atoms with Gasteiger partial charge in [0.05, 0.1) is 12.3 Å². The maximum atomic E-state index is 9.53. The van der Waals surface area contributed by atoms with Crippen molar-refractivity contribution in [3.63, 3.8) is 0 Å². The van der Waals surface area contributed by atoms with Crippen molar-refractivity contribution in [3.05, 3.63) is 11.3 Å². The molecule has 5 nitrogen and oxygen atoms in total. The molecule has 1 heterocycles. The lowest BCUT2D eigenvalue weighted by molar-refractivity contribution is 0.127. The first-order valence-corrected chi connectivity index (χ1v) is 6.32. The summed E-state index contributed by atoms with van der Waals surface area (Å²) < 4.78 is 1.68. The van der Waals surface area contributed by atoms with Gasteiger partial charge in [-0.25, -0.2) is 0 Å². The second kappa shape index (κ2) is 5.87. The average molecular weight is 250 g/mol. The van der Waals surface area contributed by atoms with Gasteiger partial charge in [-0.1, -0.05) is 13.8 Å². The number of anilines is 1. The van der Waals surface area contributed by atoms with Crippen molar-refractivity contribution in [1.82, 2.24) is 9.78 Å². The molecule has 100 valence electrons. The molecule has 1 aromatic rings. The summed E-state index contributed by atoms with van der Waals surface area (Å²) in [5, 5.41) is 26.1. The Morgan fingerprint density at radius 3 is 2.50 bits per heavy atom. The molecule has 1 rings (SSSR count). The Kier molecular flexibility index (Phi) is 4.74. The Bertz CT molecular complexity index is 432. The van der Waals surface area contributed by atoms with Crippen molar-refractivity contribution in [2.24, 2.45) is 12.5 Å². The summed E-state index contributed by atoms with van der Waals surface area (Å²) in [6.45, 7) is 6.75. The van der Waals surface area contributed by atoms with Crippen LogP contribution in [-0.2, 0) is 7.05 Å². The third kappa shape index (κ3) is 2.65. The van der Waals surface area contributed by atoms with Gasteiger partial charge in [-0.05, 0) is 19.8 Å². The van der Waals surface area contributed by atoms with Gasteiger partial charge < -0.3 is 10.4 Å². The third-order valence-electron chi connectivity index (χ3n) is 3.80. The fourth-order valence-corrected chi connectivity index (χ4v) is 2.05. The zero-order chi connectivity index (χ0) is 13.8. The van der Waals surface area contributed by atoms with Crippen LogP contribution in [0.15, 0.2) is 0 Å². The van der Waals surface area contributed by atoms with Gasteiger partial charge in [0.1, 0.15) is 17.5 Å². The van der Waals surface area contributed by atoms with Gasteiger partial charge >= 0.3 is 0 Å². The Morgan fingerprint density at radius 1 is 1.44 bits per heavy atom. The number of aryl methyl sites for hydroxylation is 2. The highest BCUT2D eigenvalue weighted by atomic mass is 16.3.